The van der Waals surface area contributed by atoms with E-state index in [0.29, 0.717) is 5.92 Å². The van der Waals surface area contributed by atoms with Gasteiger partial charge in [-0.3, -0.25) is 4.79 Å². The van der Waals surface area contributed by atoms with E-state index in [1.54, 1.807) is 0 Å². The van der Waals surface area contributed by atoms with Gasteiger partial charge in [0.2, 0.25) is 0 Å². The van der Waals surface area contributed by atoms with Crippen molar-refractivity contribution in [3.63, 3.8) is 0 Å². The second-order valence-electron chi connectivity index (χ2n) is 10.2. The highest BCUT2D eigenvalue weighted by atomic mass is 16.5. The molecule has 0 amide bonds. The molecule has 2 atom stereocenters. The Bertz CT molecular complexity index is 430. The number of hydrogen-bond acceptors (Lipinski definition) is 2. The Morgan fingerprint density at radius 1 is 0.741 bits per heavy atom. The maximum absolute atomic E-state index is 11.9. The average molecular weight is 377 g/mol. The van der Waals surface area contributed by atoms with Crippen molar-refractivity contribution in [3.05, 3.63) is 0 Å². The van der Waals surface area contributed by atoms with Crippen LogP contribution in [0.3, 0.4) is 0 Å². The van der Waals surface area contributed by atoms with Gasteiger partial charge in [0, 0.05) is 0 Å². The van der Waals surface area contributed by atoms with Crippen molar-refractivity contribution in [2.24, 2.45) is 29.6 Å². The minimum atomic E-state index is 0.0543. The van der Waals surface area contributed by atoms with Crippen LogP contribution in [0, 0.1) is 29.6 Å². The van der Waals surface area contributed by atoms with Crippen LogP contribution in [0.1, 0.15) is 117 Å². The summed E-state index contributed by atoms with van der Waals surface area (Å²) in [7, 11) is 0. The fourth-order valence-corrected chi connectivity index (χ4v) is 6.00. The molecule has 27 heavy (non-hydrogen) atoms. The standard InChI is InChI=1S/C25H44O2/c1-3-4-5-6-20-8-10-21(11-9-20)12-13-22-14-16-23(17-15-22)24-18-7-19(2)25(26)27-24/h19-24H,3-18H2,1-2H3. The Balaban J connectivity index is 1.27. The third-order valence-corrected chi connectivity index (χ3v) is 8.14. The third kappa shape index (κ3) is 6.50. The molecule has 156 valence electrons. The van der Waals surface area contributed by atoms with Crippen molar-refractivity contribution in [1.29, 1.82) is 0 Å². The molecule has 2 aliphatic carbocycles. The van der Waals surface area contributed by atoms with Crippen LogP contribution in [-0.2, 0) is 9.53 Å². The Morgan fingerprint density at radius 2 is 1.30 bits per heavy atom. The molecule has 0 N–H and O–H groups in total. The molecule has 3 rings (SSSR count). The fraction of sp³-hybridized carbons (Fsp3) is 0.960. The van der Waals surface area contributed by atoms with Crippen molar-refractivity contribution in [2.45, 2.75) is 123 Å². The maximum atomic E-state index is 11.9. The number of carbonyl (C=O) groups is 1. The van der Waals surface area contributed by atoms with Crippen LogP contribution in [0.25, 0.3) is 0 Å². The zero-order valence-corrected chi connectivity index (χ0v) is 18.1. The topological polar surface area (TPSA) is 26.3 Å². The van der Waals surface area contributed by atoms with Crippen molar-refractivity contribution in [3.8, 4) is 0 Å². The zero-order valence-electron chi connectivity index (χ0n) is 18.1. The molecule has 2 nitrogen and oxygen atoms in total. The van der Waals surface area contributed by atoms with Gasteiger partial charge in [0.05, 0.1) is 5.92 Å². The van der Waals surface area contributed by atoms with E-state index in [1.165, 1.54) is 89.9 Å². The summed E-state index contributed by atoms with van der Waals surface area (Å²) in [5.41, 5.74) is 0. The first-order valence-electron chi connectivity index (χ1n) is 12.4. The number of esters is 1. The van der Waals surface area contributed by atoms with Crippen molar-refractivity contribution < 1.29 is 9.53 Å². The Morgan fingerprint density at radius 3 is 1.85 bits per heavy atom. The molecule has 2 saturated carbocycles. The van der Waals surface area contributed by atoms with Crippen molar-refractivity contribution >= 4 is 5.97 Å². The predicted octanol–water partition coefficient (Wildman–Crippen LogP) is 7.30. The molecule has 1 aliphatic heterocycles. The first kappa shape index (κ1) is 21.2. The number of rotatable bonds is 8. The van der Waals surface area contributed by atoms with E-state index in [9.17, 15) is 4.79 Å². The predicted molar refractivity (Wildman–Crippen MR) is 113 cm³/mol. The molecular weight excluding hydrogens is 332 g/mol. The van der Waals surface area contributed by atoms with Gasteiger partial charge < -0.3 is 4.74 Å². The molecule has 2 unspecified atom stereocenters. The van der Waals surface area contributed by atoms with Gasteiger partial charge in [-0.25, -0.2) is 0 Å². The number of unbranched alkanes of at least 4 members (excludes halogenated alkanes) is 2. The van der Waals surface area contributed by atoms with Crippen LogP contribution < -0.4 is 0 Å². The lowest BCUT2D eigenvalue weighted by Crippen LogP contribution is -2.36. The van der Waals surface area contributed by atoms with Gasteiger partial charge in [0.15, 0.2) is 0 Å². The second-order valence-corrected chi connectivity index (χ2v) is 10.2. The lowest BCUT2D eigenvalue weighted by molar-refractivity contribution is -0.164. The van der Waals surface area contributed by atoms with Gasteiger partial charge in [-0.2, -0.15) is 0 Å². The zero-order chi connectivity index (χ0) is 19.1. The average Bonchev–Trinajstić information content (AvgIpc) is 2.70. The summed E-state index contributed by atoms with van der Waals surface area (Å²) in [4.78, 5) is 11.9. The Hall–Kier alpha value is -0.530. The smallest absolute Gasteiger partial charge is 0.308 e. The molecular formula is C25H44O2. The fourth-order valence-electron chi connectivity index (χ4n) is 6.00. The van der Waals surface area contributed by atoms with E-state index in [-0.39, 0.29) is 18.0 Å². The van der Waals surface area contributed by atoms with Crippen LogP contribution in [0.4, 0.5) is 0 Å². The molecule has 1 saturated heterocycles. The summed E-state index contributed by atoms with van der Waals surface area (Å²) in [6, 6.07) is 0. The number of hydrogen-bond donors (Lipinski definition) is 0. The van der Waals surface area contributed by atoms with Crippen LogP contribution in [0.15, 0.2) is 0 Å². The minimum Gasteiger partial charge on any atom is -0.462 e. The molecule has 0 aromatic rings. The van der Waals surface area contributed by atoms with Gasteiger partial charge in [-0.05, 0) is 49.4 Å². The third-order valence-electron chi connectivity index (χ3n) is 8.14. The highest BCUT2D eigenvalue weighted by Gasteiger charge is 2.34. The molecule has 0 bridgehead atoms. The van der Waals surface area contributed by atoms with E-state index in [2.05, 4.69) is 6.92 Å². The first-order valence-corrected chi connectivity index (χ1v) is 12.4. The quantitative estimate of drug-likeness (QED) is 0.328. The summed E-state index contributed by atoms with van der Waals surface area (Å²) >= 11 is 0. The molecule has 0 aromatic carbocycles. The van der Waals surface area contributed by atoms with Crippen molar-refractivity contribution in [2.75, 3.05) is 0 Å². The summed E-state index contributed by atoms with van der Waals surface area (Å²) in [5.74, 6) is 3.84. The van der Waals surface area contributed by atoms with E-state index in [0.717, 1.165) is 30.6 Å². The highest BCUT2D eigenvalue weighted by molar-refractivity contribution is 5.72. The largest absolute Gasteiger partial charge is 0.462 e. The number of cyclic esters (lactones) is 1. The highest BCUT2D eigenvalue weighted by Crippen LogP contribution is 2.40. The van der Waals surface area contributed by atoms with Gasteiger partial charge >= 0.3 is 5.97 Å². The van der Waals surface area contributed by atoms with Gasteiger partial charge in [0.1, 0.15) is 6.10 Å². The van der Waals surface area contributed by atoms with Gasteiger partial charge in [0.25, 0.3) is 0 Å². The molecule has 0 radical (unpaired) electrons. The van der Waals surface area contributed by atoms with E-state index in [4.69, 9.17) is 4.74 Å². The molecule has 1 heterocycles. The summed E-state index contributed by atoms with van der Waals surface area (Å²) in [6.45, 7) is 4.32. The van der Waals surface area contributed by atoms with Crippen LogP contribution in [0.2, 0.25) is 0 Å². The first-order chi connectivity index (χ1) is 13.2. The Labute approximate surface area is 168 Å². The normalized spacial score (nSPS) is 37.8. The monoisotopic (exact) mass is 376 g/mol. The van der Waals surface area contributed by atoms with Crippen LogP contribution >= 0.6 is 0 Å². The van der Waals surface area contributed by atoms with E-state index >= 15 is 0 Å². The minimum absolute atomic E-state index is 0.0543. The molecule has 0 spiro atoms. The second kappa shape index (κ2) is 10.9. The van der Waals surface area contributed by atoms with Crippen LogP contribution in [-0.4, -0.2) is 12.1 Å². The number of ether oxygens (including phenoxy) is 1. The SMILES string of the molecule is CCCCCC1CCC(CCC2CCC(C3CCC(C)C(=O)O3)CC2)CC1. The Kier molecular flexibility index (Phi) is 8.52. The van der Waals surface area contributed by atoms with Gasteiger partial charge in [-0.1, -0.05) is 90.9 Å². The van der Waals surface area contributed by atoms with Crippen molar-refractivity contribution in [1.82, 2.24) is 0 Å². The lowest BCUT2D eigenvalue weighted by Gasteiger charge is -2.37. The molecule has 0 aromatic heterocycles. The summed E-state index contributed by atoms with van der Waals surface area (Å²) in [5, 5.41) is 0. The maximum Gasteiger partial charge on any atom is 0.308 e. The molecule has 3 fully saturated rings. The summed E-state index contributed by atoms with van der Waals surface area (Å²) in [6.07, 6.45) is 22.4. The lowest BCUT2D eigenvalue weighted by atomic mass is 9.73. The van der Waals surface area contributed by atoms with Crippen LogP contribution in [0.5, 0.6) is 0 Å². The van der Waals surface area contributed by atoms with E-state index < -0.39 is 0 Å². The molecule has 3 aliphatic rings. The summed E-state index contributed by atoms with van der Waals surface area (Å²) < 4.78 is 5.73. The van der Waals surface area contributed by atoms with Gasteiger partial charge in [-0.15, -0.1) is 0 Å². The van der Waals surface area contributed by atoms with E-state index in [1.807, 2.05) is 6.92 Å². The number of carbonyl (C=O) groups excluding carboxylic acids is 1. The molecule has 2 heteroatoms.